The van der Waals surface area contributed by atoms with E-state index in [2.05, 4.69) is 24.3 Å². The molecular formula is C20H27NO3. The van der Waals surface area contributed by atoms with E-state index in [1.807, 2.05) is 48.3 Å². The molecule has 0 aliphatic rings. The van der Waals surface area contributed by atoms with Crippen molar-refractivity contribution < 1.29 is 14.9 Å². The van der Waals surface area contributed by atoms with Crippen LogP contribution in [-0.4, -0.2) is 54.6 Å². The first-order chi connectivity index (χ1) is 11.7. The molecule has 4 nitrogen and oxygen atoms in total. The minimum absolute atomic E-state index is 0.0688. The lowest BCUT2D eigenvalue weighted by atomic mass is 10.0. The Labute approximate surface area is 144 Å². The molecule has 1 atom stereocenters. The maximum atomic E-state index is 9.45. The van der Waals surface area contributed by atoms with Crippen molar-refractivity contribution in [1.29, 1.82) is 0 Å². The molecule has 2 rings (SSSR count). The van der Waals surface area contributed by atoms with Gasteiger partial charge in [-0.25, -0.2) is 0 Å². The molecule has 1 unspecified atom stereocenters. The predicted molar refractivity (Wildman–Crippen MR) is 95.9 cm³/mol. The van der Waals surface area contributed by atoms with Crippen LogP contribution in [0.1, 0.15) is 23.7 Å². The number of aliphatic hydroxyl groups is 2. The molecule has 0 aliphatic carbocycles. The minimum atomic E-state index is -0.683. The van der Waals surface area contributed by atoms with Gasteiger partial charge < -0.3 is 19.8 Å². The summed E-state index contributed by atoms with van der Waals surface area (Å²) in [6.07, 6.45) is 0.114. The first-order valence-corrected chi connectivity index (χ1v) is 8.39. The highest BCUT2D eigenvalue weighted by Crippen LogP contribution is 2.25. The Hall–Kier alpha value is -1.72. The highest BCUT2D eigenvalue weighted by atomic mass is 16.5. The molecule has 0 bridgehead atoms. The second-order valence-corrected chi connectivity index (χ2v) is 6.02. The third kappa shape index (κ3) is 6.06. The zero-order valence-corrected chi connectivity index (χ0v) is 14.2. The smallest absolute Gasteiger partial charge is 0.108 e. The highest BCUT2D eigenvalue weighted by Gasteiger charge is 2.14. The molecule has 0 heterocycles. The second-order valence-electron chi connectivity index (χ2n) is 6.02. The van der Waals surface area contributed by atoms with Gasteiger partial charge in [-0.15, -0.1) is 0 Å². The van der Waals surface area contributed by atoms with Crippen LogP contribution in [0.3, 0.4) is 0 Å². The number of benzene rings is 2. The van der Waals surface area contributed by atoms with Gasteiger partial charge in [-0.05, 0) is 24.6 Å². The van der Waals surface area contributed by atoms with Gasteiger partial charge in [-0.2, -0.15) is 0 Å². The molecule has 0 spiro atoms. The van der Waals surface area contributed by atoms with Crippen molar-refractivity contribution in [3.8, 4) is 0 Å². The largest absolute Gasteiger partial charge is 0.394 e. The minimum Gasteiger partial charge on any atom is -0.394 e. The molecule has 0 aliphatic heterocycles. The molecule has 2 aromatic rings. The highest BCUT2D eigenvalue weighted by molar-refractivity contribution is 5.29. The summed E-state index contributed by atoms with van der Waals surface area (Å²) in [5, 5.41) is 18.3. The van der Waals surface area contributed by atoms with E-state index in [0.717, 1.165) is 24.1 Å². The summed E-state index contributed by atoms with van der Waals surface area (Å²) in [6, 6.07) is 20.5. The summed E-state index contributed by atoms with van der Waals surface area (Å²) in [5.41, 5.74) is 2.29. The standard InChI is InChI=1S/C20H27NO3/c1-21(15-19(23)16-22)13-8-14-24-20(17-9-4-2-5-10-17)18-11-6-3-7-12-18/h2-7,9-12,19-20,22-23H,8,13-16H2,1H3. The van der Waals surface area contributed by atoms with Crippen LogP contribution in [0.2, 0.25) is 0 Å². The summed E-state index contributed by atoms with van der Waals surface area (Å²) in [6.45, 7) is 1.71. The first kappa shape index (κ1) is 18.6. The zero-order valence-electron chi connectivity index (χ0n) is 14.2. The number of rotatable bonds is 10. The van der Waals surface area contributed by atoms with Gasteiger partial charge in [0.2, 0.25) is 0 Å². The van der Waals surface area contributed by atoms with Gasteiger partial charge in [0.15, 0.2) is 0 Å². The van der Waals surface area contributed by atoms with E-state index in [1.165, 1.54) is 0 Å². The lowest BCUT2D eigenvalue weighted by molar-refractivity contribution is 0.0532. The molecule has 0 radical (unpaired) electrons. The van der Waals surface area contributed by atoms with E-state index in [1.54, 1.807) is 0 Å². The zero-order chi connectivity index (χ0) is 17.2. The van der Waals surface area contributed by atoms with Crippen molar-refractivity contribution >= 4 is 0 Å². The summed E-state index contributed by atoms with van der Waals surface area (Å²) in [7, 11) is 1.94. The van der Waals surface area contributed by atoms with Crippen molar-refractivity contribution in [1.82, 2.24) is 4.90 Å². The topological polar surface area (TPSA) is 52.9 Å². The van der Waals surface area contributed by atoms with Crippen LogP contribution in [0.15, 0.2) is 60.7 Å². The van der Waals surface area contributed by atoms with Gasteiger partial charge in [-0.3, -0.25) is 0 Å². The van der Waals surface area contributed by atoms with Gasteiger partial charge in [0.25, 0.3) is 0 Å². The van der Waals surface area contributed by atoms with Gasteiger partial charge in [0.05, 0.1) is 12.7 Å². The predicted octanol–water partition coefficient (Wildman–Crippen LogP) is 2.47. The third-order valence-electron chi connectivity index (χ3n) is 3.91. The molecular weight excluding hydrogens is 302 g/mol. The fraction of sp³-hybridized carbons (Fsp3) is 0.400. The van der Waals surface area contributed by atoms with Crippen LogP contribution in [0.5, 0.6) is 0 Å². The molecule has 4 heteroatoms. The quantitative estimate of drug-likeness (QED) is 0.658. The summed E-state index contributed by atoms with van der Waals surface area (Å²) < 4.78 is 6.16. The van der Waals surface area contributed by atoms with Crippen molar-refractivity contribution in [2.24, 2.45) is 0 Å². The van der Waals surface area contributed by atoms with E-state index < -0.39 is 6.10 Å². The average Bonchev–Trinajstić information content (AvgIpc) is 2.63. The Kier molecular flexibility index (Phi) is 7.92. The number of hydrogen-bond donors (Lipinski definition) is 2. The van der Waals surface area contributed by atoms with Crippen molar-refractivity contribution in [3.05, 3.63) is 71.8 Å². The fourth-order valence-corrected chi connectivity index (χ4v) is 2.69. The molecule has 0 amide bonds. The molecule has 24 heavy (non-hydrogen) atoms. The van der Waals surface area contributed by atoms with E-state index in [-0.39, 0.29) is 12.7 Å². The van der Waals surface area contributed by atoms with Gasteiger partial charge in [0.1, 0.15) is 6.10 Å². The lowest BCUT2D eigenvalue weighted by Gasteiger charge is -2.21. The van der Waals surface area contributed by atoms with E-state index >= 15 is 0 Å². The van der Waals surface area contributed by atoms with Crippen LogP contribution in [0.25, 0.3) is 0 Å². The van der Waals surface area contributed by atoms with Crippen molar-refractivity contribution in [3.63, 3.8) is 0 Å². The third-order valence-corrected chi connectivity index (χ3v) is 3.91. The van der Waals surface area contributed by atoms with Crippen LogP contribution in [0.4, 0.5) is 0 Å². The summed E-state index contributed by atoms with van der Waals surface area (Å²) >= 11 is 0. The Morgan fingerprint density at radius 1 is 0.958 bits per heavy atom. The molecule has 0 saturated heterocycles. The van der Waals surface area contributed by atoms with E-state index in [4.69, 9.17) is 9.84 Å². The first-order valence-electron chi connectivity index (χ1n) is 8.39. The number of hydrogen-bond acceptors (Lipinski definition) is 4. The number of ether oxygens (including phenoxy) is 1. The molecule has 2 aromatic carbocycles. The average molecular weight is 329 g/mol. The van der Waals surface area contributed by atoms with Gasteiger partial charge in [0, 0.05) is 19.7 Å². The maximum absolute atomic E-state index is 9.45. The molecule has 2 N–H and O–H groups in total. The second kappa shape index (κ2) is 10.2. The Morgan fingerprint density at radius 2 is 1.50 bits per heavy atom. The van der Waals surface area contributed by atoms with E-state index in [9.17, 15) is 5.11 Å². The molecule has 130 valence electrons. The van der Waals surface area contributed by atoms with Crippen LogP contribution >= 0.6 is 0 Å². The van der Waals surface area contributed by atoms with Crippen LogP contribution in [-0.2, 0) is 4.74 Å². The molecule has 0 fully saturated rings. The number of likely N-dealkylation sites (N-methyl/N-ethyl adjacent to an activating group) is 1. The molecule has 0 aromatic heterocycles. The summed E-state index contributed by atoms with van der Waals surface area (Å²) in [4.78, 5) is 2.00. The normalized spacial score (nSPS) is 12.7. The van der Waals surface area contributed by atoms with Crippen LogP contribution < -0.4 is 0 Å². The van der Waals surface area contributed by atoms with Crippen molar-refractivity contribution in [2.45, 2.75) is 18.6 Å². The lowest BCUT2D eigenvalue weighted by Crippen LogP contribution is -2.32. The van der Waals surface area contributed by atoms with Gasteiger partial charge >= 0.3 is 0 Å². The molecule has 0 saturated carbocycles. The Balaban J connectivity index is 1.88. The Morgan fingerprint density at radius 3 is 2.00 bits per heavy atom. The summed E-state index contributed by atoms with van der Waals surface area (Å²) in [5.74, 6) is 0. The van der Waals surface area contributed by atoms with Crippen molar-refractivity contribution in [2.75, 3.05) is 33.4 Å². The number of aliphatic hydroxyl groups excluding tert-OH is 2. The van der Waals surface area contributed by atoms with E-state index in [0.29, 0.717) is 13.2 Å². The monoisotopic (exact) mass is 329 g/mol. The maximum Gasteiger partial charge on any atom is 0.108 e. The Bertz CT molecular complexity index is 522. The number of nitrogens with zero attached hydrogens (tertiary/aromatic N) is 1. The van der Waals surface area contributed by atoms with Gasteiger partial charge in [-0.1, -0.05) is 60.7 Å². The SMILES string of the molecule is CN(CCCOC(c1ccccc1)c1ccccc1)CC(O)CO. The fourth-order valence-electron chi connectivity index (χ4n) is 2.69. The van der Waals surface area contributed by atoms with Crippen LogP contribution in [0, 0.1) is 0 Å².